The van der Waals surface area contributed by atoms with Crippen LogP contribution >= 0.6 is 0 Å². The van der Waals surface area contributed by atoms with Crippen molar-refractivity contribution in [1.82, 2.24) is 0 Å². The Bertz CT molecular complexity index is 1170. The highest BCUT2D eigenvalue weighted by Gasteiger charge is 2.61. The Kier molecular flexibility index (Phi) is 5.74. The maximum absolute atomic E-state index is 13.7. The molecule has 1 fully saturated rings. The third kappa shape index (κ3) is 3.41. The molecule has 0 saturated heterocycles. The highest BCUT2D eigenvalue weighted by Crippen LogP contribution is 2.57. The highest BCUT2D eigenvalue weighted by atomic mass is 16.3. The summed E-state index contributed by atoms with van der Waals surface area (Å²) < 4.78 is 0. The number of benzene rings is 1. The van der Waals surface area contributed by atoms with Crippen LogP contribution in [0.4, 0.5) is 0 Å². The van der Waals surface area contributed by atoms with Gasteiger partial charge in [0.2, 0.25) is 5.78 Å². The average molecular weight is 482 g/mol. The van der Waals surface area contributed by atoms with Crippen LogP contribution in [0.2, 0.25) is 0 Å². The fourth-order valence-corrected chi connectivity index (χ4v) is 7.07. The Morgan fingerprint density at radius 3 is 2.31 bits per heavy atom. The zero-order valence-electron chi connectivity index (χ0n) is 19.5. The fourth-order valence-electron chi connectivity index (χ4n) is 7.07. The summed E-state index contributed by atoms with van der Waals surface area (Å²) in [6.07, 6.45) is 7.34. The van der Waals surface area contributed by atoms with Gasteiger partial charge in [0, 0.05) is 17.9 Å². The van der Waals surface area contributed by atoms with Crippen LogP contribution in [0.5, 0.6) is 5.75 Å². The minimum atomic E-state index is -2.54. The lowest BCUT2D eigenvalue weighted by Gasteiger charge is -2.49. The van der Waals surface area contributed by atoms with E-state index in [1.165, 1.54) is 12.5 Å². The van der Waals surface area contributed by atoms with Crippen LogP contribution in [0.3, 0.4) is 0 Å². The van der Waals surface area contributed by atoms with E-state index in [-0.39, 0.29) is 41.6 Å². The molecule has 4 atom stereocenters. The second-order valence-electron chi connectivity index (χ2n) is 10.5. The number of primary amides is 1. The standard InChI is InChI=1S/C27H31NO7/c28-26(34)22-18(30)12-14-11-16-19(13-7-4-2-1-3-5-8-13)15-9-6-10-17(29)20(15)23(31)21(16)24(32)27(14,35)25(22)33/h6,9-10,13-14,16,19,29-30,32,35H,1-5,7-8,11-12H2,(H2,28,34)/t14-,16?,19?,27-/m0/s1. The van der Waals surface area contributed by atoms with Crippen molar-refractivity contribution >= 4 is 17.5 Å². The molecule has 8 nitrogen and oxygen atoms in total. The molecule has 1 saturated carbocycles. The topological polar surface area (TPSA) is 158 Å². The lowest BCUT2D eigenvalue weighted by molar-refractivity contribution is -0.144. The van der Waals surface area contributed by atoms with Crippen molar-refractivity contribution in [2.75, 3.05) is 0 Å². The van der Waals surface area contributed by atoms with Crippen LogP contribution in [0, 0.1) is 17.8 Å². The molecule has 6 N–H and O–H groups in total. The number of phenols is 1. The molecule has 0 bridgehead atoms. The van der Waals surface area contributed by atoms with E-state index in [1.807, 2.05) is 6.07 Å². The maximum Gasteiger partial charge on any atom is 0.255 e. The summed E-state index contributed by atoms with van der Waals surface area (Å²) in [5.74, 6) is -5.95. The van der Waals surface area contributed by atoms with Gasteiger partial charge in [0.05, 0.1) is 5.56 Å². The minimum absolute atomic E-state index is 0.0802. The first-order valence-electron chi connectivity index (χ1n) is 12.5. The number of amides is 1. The number of hydrogen-bond acceptors (Lipinski definition) is 7. The molecule has 0 radical (unpaired) electrons. The summed E-state index contributed by atoms with van der Waals surface area (Å²) in [6, 6.07) is 4.98. The Balaban J connectivity index is 1.70. The molecule has 5 rings (SSSR count). The molecule has 4 aliphatic rings. The molecule has 0 spiro atoms. The van der Waals surface area contributed by atoms with E-state index in [2.05, 4.69) is 0 Å². The molecule has 8 heteroatoms. The van der Waals surface area contributed by atoms with Crippen LogP contribution in [0.15, 0.2) is 40.9 Å². The van der Waals surface area contributed by atoms with E-state index >= 15 is 0 Å². The molecule has 0 aromatic heterocycles. The third-order valence-corrected chi connectivity index (χ3v) is 8.66. The average Bonchev–Trinajstić information content (AvgIpc) is 2.77. The number of carbonyl (C=O) groups is 3. The zero-order chi connectivity index (χ0) is 25.1. The van der Waals surface area contributed by atoms with Gasteiger partial charge in [-0.1, -0.05) is 44.2 Å². The first-order chi connectivity index (χ1) is 16.7. The normalized spacial score (nSPS) is 31.9. The predicted octanol–water partition coefficient (Wildman–Crippen LogP) is 3.48. The molecule has 1 aromatic carbocycles. The molecular formula is C27H31NO7. The van der Waals surface area contributed by atoms with Crippen molar-refractivity contribution in [3.05, 3.63) is 52.0 Å². The van der Waals surface area contributed by atoms with Crippen LogP contribution < -0.4 is 5.73 Å². The summed E-state index contributed by atoms with van der Waals surface area (Å²) in [7, 11) is 0. The van der Waals surface area contributed by atoms with Gasteiger partial charge in [0.1, 0.15) is 22.8 Å². The minimum Gasteiger partial charge on any atom is -0.511 e. The summed E-state index contributed by atoms with van der Waals surface area (Å²) in [5, 5.41) is 43.9. The number of carbonyl (C=O) groups excluding carboxylic acids is 3. The van der Waals surface area contributed by atoms with E-state index in [9.17, 15) is 34.8 Å². The van der Waals surface area contributed by atoms with E-state index in [1.54, 1.807) is 6.07 Å². The van der Waals surface area contributed by atoms with Gasteiger partial charge in [-0.05, 0) is 48.6 Å². The van der Waals surface area contributed by atoms with Gasteiger partial charge in [0.25, 0.3) is 5.91 Å². The molecule has 0 aliphatic heterocycles. The first-order valence-corrected chi connectivity index (χ1v) is 12.5. The smallest absolute Gasteiger partial charge is 0.255 e. The Morgan fingerprint density at radius 2 is 1.66 bits per heavy atom. The quantitative estimate of drug-likeness (QED) is 0.404. The number of aliphatic hydroxyl groups is 3. The maximum atomic E-state index is 13.7. The van der Waals surface area contributed by atoms with Crippen molar-refractivity contribution in [3.8, 4) is 5.75 Å². The Labute approximate surface area is 203 Å². The van der Waals surface area contributed by atoms with Crippen molar-refractivity contribution in [2.45, 2.75) is 69.3 Å². The second kappa shape index (κ2) is 8.52. The fraction of sp³-hybridized carbons (Fsp3) is 0.519. The lowest BCUT2D eigenvalue weighted by atomic mass is 9.55. The van der Waals surface area contributed by atoms with Gasteiger partial charge < -0.3 is 26.2 Å². The second-order valence-corrected chi connectivity index (χ2v) is 10.5. The lowest BCUT2D eigenvalue weighted by Crippen LogP contribution is -2.57. The molecule has 186 valence electrons. The molecule has 1 amide bonds. The number of rotatable bonds is 2. The molecule has 4 aliphatic carbocycles. The first kappa shape index (κ1) is 23.6. The number of ketones is 2. The molecule has 35 heavy (non-hydrogen) atoms. The number of allylic oxidation sites excluding steroid dienone is 2. The largest absolute Gasteiger partial charge is 0.511 e. The SMILES string of the molecule is NC(=O)C1=C(O)C[C@@H]2CC3C(=C(O)[C@]2(O)C1=O)C(=O)c1c(O)cccc1C3C1CCCCCCC1. The van der Waals surface area contributed by atoms with Crippen LogP contribution in [0.25, 0.3) is 0 Å². The van der Waals surface area contributed by atoms with Gasteiger partial charge in [-0.3, -0.25) is 14.4 Å². The van der Waals surface area contributed by atoms with Crippen molar-refractivity contribution in [2.24, 2.45) is 23.5 Å². The van der Waals surface area contributed by atoms with Gasteiger partial charge in [-0.15, -0.1) is 0 Å². The summed E-state index contributed by atoms with van der Waals surface area (Å²) >= 11 is 0. The number of aliphatic hydroxyl groups excluding tert-OH is 2. The van der Waals surface area contributed by atoms with E-state index in [4.69, 9.17) is 5.73 Å². The number of aromatic hydroxyl groups is 1. The molecule has 0 heterocycles. The summed E-state index contributed by atoms with van der Waals surface area (Å²) in [6.45, 7) is 0. The zero-order valence-corrected chi connectivity index (χ0v) is 19.5. The molecular weight excluding hydrogens is 450 g/mol. The molecule has 1 aromatic rings. The summed E-state index contributed by atoms with van der Waals surface area (Å²) in [5.41, 5.74) is 2.73. The van der Waals surface area contributed by atoms with Crippen molar-refractivity contribution < 1.29 is 34.8 Å². The Hall–Kier alpha value is -3.13. The van der Waals surface area contributed by atoms with Gasteiger partial charge in [-0.25, -0.2) is 0 Å². The van der Waals surface area contributed by atoms with Crippen LogP contribution in [0.1, 0.15) is 79.6 Å². The number of hydrogen-bond donors (Lipinski definition) is 5. The van der Waals surface area contributed by atoms with Crippen LogP contribution in [-0.2, 0) is 9.59 Å². The highest BCUT2D eigenvalue weighted by molar-refractivity contribution is 6.24. The van der Waals surface area contributed by atoms with E-state index in [0.717, 1.165) is 44.1 Å². The van der Waals surface area contributed by atoms with Gasteiger partial charge in [-0.2, -0.15) is 0 Å². The van der Waals surface area contributed by atoms with Crippen molar-refractivity contribution in [1.29, 1.82) is 0 Å². The van der Waals surface area contributed by atoms with Gasteiger partial charge >= 0.3 is 0 Å². The van der Waals surface area contributed by atoms with Crippen molar-refractivity contribution in [3.63, 3.8) is 0 Å². The third-order valence-electron chi connectivity index (χ3n) is 8.66. The van der Waals surface area contributed by atoms with E-state index < -0.39 is 52.0 Å². The predicted molar refractivity (Wildman–Crippen MR) is 126 cm³/mol. The monoisotopic (exact) mass is 481 g/mol. The number of fused-ring (bicyclic) bond motifs is 3. The number of nitrogens with two attached hydrogens (primary N) is 1. The van der Waals surface area contributed by atoms with Gasteiger partial charge in [0.15, 0.2) is 11.4 Å². The van der Waals surface area contributed by atoms with Crippen LogP contribution in [-0.4, -0.2) is 43.5 Å². The molecule has 2 unspecified atom stereocenters. The summed E-state index contributed by atoms with van der Waals surface area (Å²) in [4.78, 5) is 38.7. The number of phenolic OH excluding ortho intramolecular Hbond substituents is 1. The van der Waals surface area contributed by atoms with E-state index in [0.29, 0.717) is 0 Å². The number of Topliss-reactive ketones (excluding diaryl/α,β-unsaturated/α-hetero) is 2. The Morgan fingerprint density at radius 1 is 1.00 bits per heavy atom.